The first kappa shape index (κ1) is 18.3. The quantitative estimate of drug-likeness (QED) is 0.717. The van der Waals surface area contributed by atoms with Crippen LogP contribution in [0.15, 0.2) is 24.3 Å². The van der Waals surface area contributed by atoms with E-state index in [0.717, 1.165) is 10.7 Å². The number of halogens is 4. The molecule has 0 aliphatic rings. The smallest absolute Gasteiger partial charge is 0.435 e. The van der Waals surface area contributed by atoms with Gasteiger partial charge in [0.15, 0.2) is 5.69 Å². The van der Waals surface area contributed by atoms with Crippen LogP contribution >= 0.6 is 0 Å². The maximum Gasteiger partial charge on any atom is 0.435 e. The van der Waals surface area contributed by atoms with E-state index < -0.39 is 17.7 Å². The zero-order valence-electron chi connectivity index (χ0n) is 14.0. The van der Waals surface area contributed by atoms with Crippen LogP contribution in [0.2, 0.25) is 0 Å². The van der Waals surface area contributed by atoms with E-state index in [2.05, 4.69) is 5.10 Å². The summed E-state index contributed by atoms with van der Waals surface area (Å²) in [4.78, 5) is 0. The summed E-state index contributed by atoms with van der Waals surface area (Å²) in [6, 6.07) is 4.67. The van der Waals surface area contributed by atoms with E-state index in [-0.39, 0.29) is 17.9 Å². The molecule has 7 heteroatoms. The Hall–Kier alpha value is -2.05. The molecule has 0 aliphatic carbocycles. The summed E-state index contributed by atoms with van der Waals surface area (Å²) in [5, 5.41) is 3.60. The second kappa shape index (κ2) is 6.45. The van der Waals surface area contributed by atoms with Crippen molar-refractivity contribution in [3.63, 3.8) is 0 Å². The maximum absolute atomic E-state index is 13.3. The zero-order chi connectivity index (χ0) is 18.1. The molecule has 2 aromatic rings. The molecule has 2 rings (SSSR count). The summed E-state index contributed by atoms with van der Waals surface area (Å²) in [6.07, 6.45) is -3.91. The van der Waals surface area contributed by atoms with Crippen molar-refractivity contribution in [1.29, 1.82) is 0 Å². The van der Waals surface area contributed by atoms with E-state index in [0.29, 0.717) is 17.7 Å². The molecule has 0 atom stereocenters. The first-order valence-electron chi connectivity index (χ1n) is 7.54. The zero-order valence-corrected chi connectivity index (χ0v) is 14.0. The molecule has 0 radical (unpaired) electrons. The molecule has 1 aromatic carbocycles. The lowest BCUT2D eigenvalue weighted by Crippen LogP contribution is -2.13. The van der Waals surface area contributed by atoms with Crippen LogP contribution in [0.25, 0.3) is 5.69 Å². The molecule has 0 saturated heterocycles. The van der Waals surface area contributed by atoms with E-state index in [1.54, 1.807) is 6.92 Å². The number of ether oxygens (including phenoxy) is 1. The Morgan fingerprint density at radius 2 is 1.79 bits per heavy atom. The predicted octanol–water partition coefficient (Wildman–Crippen LogP) is 5.15. The molecule has 1 aromatic heterocycles. The van der Waals surface area contributed by atoms with Crippen molar-refractivity contribution in [3.8, 4) is 11.6 Å². The summed E-state index contributed by atoms with van der Waals surface area (Å²) < 4.78 is 58.8. The Morgan fingerprint density at radius 1 is 1.12 bits per heavy atom. The number of alkyl halides is 3. The fraction of sp³-hybridized carbons (Fsp3) is 0.471. The Kier molecular flexibility index (Phi) is 4.92. The Labute approximate surface area is 138 Å². The van der Waals surface area contributed by atoms with Crippen molar-refractivity contribution in [2.45, 2.75) is 40.3 Å². The molecule has 1 heterocycles. The molecule has 24 heavy (non-hydrogen) atoms. The molecule has 0 fully saturated rings. The minimum Gasteiger partial charge on any atom is -0.478 e. The number of hydrogen-bond donors (Lipinski definition) is 0. The minimum atomic E-state index is -4.58. The molecule has 0 unspecified atom stereocenters. The van der Waals surface area contributed by atoms with Crippen LogP contribution in [0.5, 0.6) is 5.88 Å². The molecule has 132 valence electrons. The third-order valence-electron chi connectivity index (χ3n) is 3.46. The van der Waals surface area contributed by atoms with Crippen LogP contribution < -0.4 is 4.74 Å². The van der Waals surface area contributed by atoms with Crippen molar-refractivity contribution in [2.75, 3.05) is 6.61 Å². The van der Waals surface area contributed by atoms with Crippen LogP contribution in [0.3, 0.4) is 0 Å². The highest BCUT2D eigenvalue weighted by Gasteiger charge is 2.35. The van der Waals surface area contributed by atoms with Gasteiger partial charge < -0.3 is 4.74 Å². The average Bonchev–Trinajstić information content (AvgIpc) is 2.81. The third-order valence-corrected chi connectivity index (χ3v) is 3.46. The van der Waals surface area contributed by atoms with Gasteiger partial charge in [0.05, 0.1) is 12.3 Å². The first-order chi connectivity index (χ1) is 11.0. The van der Waals surface area contributed by atoms with Gasteiger partial charge in [0.25, 0.3) is 0 Å². The molecule has 0 amide bonds. The molecular formula is C17H20F4N2O. The third kappa shape index (κ3) is 4.49. The van der Waals surface area contributed by atoms with Crippen molar-refractivity contribution in [3.05, 3.63) is 41.3 Å². The highest BCUT2D eigenvalue weighted by atomic mass is 19.4. The minimum absolute atomic E-state index is 0.0104. The SMILES string of the molecule is Cc1cc(F)ccc1-n1nc(C(F)(F)F)cc1OCCC(C)(C)C. The van der Waals surface area contributed by atoms with Crippen LogP contribution in [0.1, 0.15) is 38.4 Å². The van der Waals surface area contributed by atoms with Gasteiger partial charge >= 0.3 is 6.18 Å². The fourth-order valence-corrected chi connectivity index (χ4v) is 2.10. The lowest BCUT2D eigenvalue weighted by atomic mass is 9.93. The van der Waals surface area contributed by atoms with E-state index in [1.807, 2.05) is 20.8 Å². The highest BCUT2D eigenvalue weighted by molar-refractivity contribution is 5.43. The van der Waals surface area contributed by atoms with Gasteiger partial charge in [0.1, 0.15) is 5.82 Å². The number of nitrogens with zero attached hydrogens (tertiary/aromatic N) is 2. The molecule has 0 saturated carbocycles. The topological polar surface area (TPSA) is 27.1 Å². The van der Waals surface area contributed by atoms with Gasteiger partial charge in [0, 0.05) is 6.07 Å². The van der Waals surface area contributed by atoms with Crippen LogP contribution in [-0.4, -0.2) is 16.4 Å². The number of rotatable bonds is 4. The summed E-state index contributed by atoms with van der Waals surface area (Å²) in [6.45, 7) is 7.90. The van der Waals surface area contributed by atoms with Crippen molar-refractivity contribution in [1.82, 2.24) is 9.78 Å². The van der Waals surface area contributed by atoms with Gasteiger partial charge in [-0.25, -0.2) is 9.07 Å². The molecule has 0 N–H and O–H groups in total. The number of hydrogen-bond acceptors (Lipinski definition) is 2. The van der Waals surface area contributed by atoms with Crippen molar-refractivity contribution in [2.24, 2.45) is 5.41 Å². The maximum atomic E-state index is 13.3. The largest absolute Gasteiger partial charge is 0.478 e. The lowest BCUT2D eigenvalue weighted by molar-refractivity contribution is -0.141. The first-order valence-corrected chi connectivity index (χ1v) is 7.54. The van der Waals surface area contributed by atoms with Gasteiger partial charge in [-0.1, -0.05) is 20.8 Å². The summed E-state index contributed by atoms with van der Waals surface area (Å²) in [5.74, 6) is -0.476. The van der Waals surface area contributed by atoms with Gasteiger partial charge in [-0.15, -0.1) is 0 Å². The van der Waals surface area contributed by atoms with Crippen LogP contribution in [0.4, 0.5) is 17.6 Å². The van der Waals surface area contributed by atoms with E-state index in [9.17, 15) is 17.6 Å². The van der Waals surface area contributed by atoms with Crippen LogP contribution in [0, 0.1) is 18.2 Å². The molecular weight excluding hydrogens is 324 g/mol. The fourth-order valence-electron chi connectivity index (χ4n) is 2.10. The standard InChI is InChI=1S/C17H20F4N2O/c1-11-9-12(18)5-6-13(11)23-15(24-8-7-16(2,3)4)10-14(22-23)17(19,20)21/h5-6,9-10H,7-8H2,1-4H3. The summed E-state index contributed by atoms with van der Waals surface area (Å²) >= 11 is 0. The average molecular weight is 344 g/mol. The van der Waals surface area contributed by atoms with Gasteiger partial charge in [-0.05, 0) is 42.5 Å². The van der Waals surface area contributed by atoms with Gasteiger partial charge in [0.2, 0.25) is 5.88 Å². The van der Waals surface area contributed by atoms with E-state index >= 15 is 0 Å². The summed E-state index contributed by atoms with van der Waals surface area (Å²) in [7, 11) is 0. The highest BCUT2D eigenvalue weighted by Crippen LogP contribution is 2.33. The molecule has 0 aliphatic heterocycles. The second-order valence-electron chi connectivity index (χ2n) is 6.87. The van der Waals surface area contributed by atoms with Gasteiger partial charge in [-0.2, -0.15) is 18.3 Å². The second-order valence-corrected chi connectivity index (χ2v) is 6.87. The number of benzene rings is 1. The Balaban J connectivity index is 2.39. The van der Waals surface area contributed by atoms with Crippen LogP contribution in [-0.2, 0) is 6.18 Å². The number of aromatic nitrogens is 2. The normalized spacial score (nSPS) is 12.5. The Bertz CT molecular complexity index is 714. The van der Waals surface area contributed by atoms with E-state index in [1.165, 1.54) is 18.2 Å². The summed E-state index contributed by atoms with van der Waals surface area (Å²) in [5.41, 5.74) is -0.245. The molecule has 0 bridgehead atoms. The van der Waals surface area contributed by atoms with Crippen molar-refractivity contribution >= 4 is 0 Å². The predicted molar refractivity (Wildman–Crippen MR) is 82.8 cm³/mol. The van der Waals surface area contributed by atoms with Crippen molar-refractivity contribution < 1.29 is 22.3 Å². The van der Waals surface area contributed by atoms with E-state index in [4.69, 9.17) is 4.74 Å². The molecule has 3 nitrogen and oxygen atoms in total. The lowest BCUT2D eigenvalue weighted by Gasteiger charge is -2.18. The molecule has 0 spiro atoms. The number of aryl methyl sites for hydroxylation is 1. The monoisotopic (exact) mass is 344 g/mol. The van der Waals surface area contributed by atoms with Gasteiger partial charge in [-0.3, -0.25) is 0 Å². The Morgan fingerprint density at radius 3 is 2.33 bits per heavy atom.